The summed E-state index contributed by atoms with van der Waals surface area (Å²) in [7, 11) is 0. The SMILES string of the molecule is Cc1ccc(NC(=O)[C@@H]2CC(=O)Nc3nc(N4CCC(C)CC4)[nH]c(=O)c32)c(C)c1. The summed E-state index contributed by atoms with van der Waals surface area (Å²) in [5.41, 5.74) is 2.51. The lowest BCUT2D eigenvalue weighted by molar-refractivity contribution is -0.123. The predicted molar refractivity (Wildman–Crippen MR) is 116 cm³/mol. The van der Waals surface area contributed by atoms with Gasteiger partial charge in [0.2, 0.25) is 17.8 Å². The van der Waals surface area contributed by atoms with Crippen LogP contribution in [0.1, 0.15) is 48.8 Å². The summed E-state index contributed by atoms with van der Waals surface area (Å²) in [4.78, 5) is 47.6. The third-order valence-corrected chi connectivity index (χ3v) is 5.98. The molecule has 3 heterocycles. The molecule has 2 aromatic rings. The molecule has 4 rings (SSSR count). The number of rotatable bonds is 3. The number of aromatic nitrogens is 2. The maximum atomic E-state index is 13.0. The highest BCUT2D eigenvalue weighted by molar-refractivity contribution is 6.04. The number of hydrogen-bond acceptors (Lipinski definition) is 5. The Kier molecular flexibility index (Phi) is 5.32. The molecule has 0 bridgehead atoms. The molecule has 1 aromatic heterocycles. The van der Waals surface area contributed by atoms with Crippen molar-refractivity contribution in [1.29, 1.82) is 0 Å². The van der Waals surface area contributed by atoms with E-state index < -0.39 is 5.92 Å². The van der Waals surface area contributed by atoms with Crippen LogP contribution in [-0.4, -0.2) is 34.9 Å². The molecule has 2 amide bonds. The largest absolute Gasteiger partial charge is 0.342 e. The van der Waals surface area contributed by atoms with Crippen molar-refractivity contribution in [3.63, 3.8) is 0 Å². The van der Waals surface area contributed by atoms with Gasteiger partial charge in [0.05, 0.1) is 11.5 Å². The van der Waals surface area contributed by atoms with Gasteiger partial charge in [0.15, 0.2) is 0 Å². The summed E-state index contributed by atoms with van der Waals surface area (Å²) in [6.07, 6.45) is 1.96. The van der Waals surface area contributed by atoms with E-state index in [1.165, 1.54) is 0 Å². The van der Waals surface area contributed by atoms with Crippen LogP contribution in [0.5, 0.6) is 0 Å². The fourth-order valence-electron chi connectivity index (χ4n) is 4.13. The van der Waals surface area contributed by atoms with Gasteiger partial charge in [0.1, 0.15) is 5.82 Å². The predicted octanol–water partition coefficient (Wildman–Crippen LogP) is 2.69. The first-order valence-electron chi connectivity index (χ1n) is 10.4. The topological polar surface area (TPSA) is 107 Å². The van der Waals surface area contributed by atoms with E-state index in [0.29, 0.717) is 17.6 Å². The Labute approximate surface area is 175 Å². The van der Waals surface area contributed by atoms with Gasteiger partial charge >= 0.3 is 0 Å². The summed E-state index contributed by atoms with van der Waals surface area (Å²) in [6, 6.07) is 5.71. The van der Waals surface area contributed by atoms with E-state index in [1.807, 2.05) is 36.9 Å². The van der Waals surface area contributed by atoms with E-state index in [-0.39, 0.29) is 35.2 Å². The smallest absolute Gasteiger partial charge is 0.258 e. The minimum atomic E-state index is -0.888. The first kappa shape index (κ1) is 20.1. The summed E-state index contributed by atoms with van der Waals surface area (Å²) >= 11 is 0. The Hall–Kier alpha value is -3.16. The van der Waals surface area contributed by atoms with Crippen molar-refractivity contribution in [3.05, 3.63) is 45.2 Å². The fraction of sp³-hybridized carbons (Fsp3) is 0.455. The number of nitrogens with zero attached hydrogens (tertiary/aromatic N) is 2. The molecule has 8 nitrogen and oxygen atoms in total. The Morgan fingerprint density at radius 2 is 1.93 bits per heavy atom. The highest BCUT2D eigenvalue weighted by atomic mass is 16.2. The molecule has 0 spiro atoms. The van der Waals surface area contributed by atoms with Crippen molar-refractivity contribution in [2.24, 2.45) is 5.92 Å². The first-order chi connectivity index (χ1) is 14.3. The van der Waals surface area contributed by atoms with Gasteiger partial charge in [-0.3, -0.25) is 19.4 Å². The molecule has 8 heteroatoms. The zero-order valence-electron chi connectivity index (χ0n) is 17.5. The second kappa shape index (κ2) is 7.93. The van der Waals surface area contributed by atoms with Gasteiger partial charge in [-0.2, -0.15) is 4.98 Å². The number of aromatic amines is 1. The monoisotopic (exact) mass is 409 g/mol. The van der Waals surface area contributed by atoms with Gasteiger partial charge in [-0.25, -0.2) is 0 Å². The summed E-state index contributed by atoms with van der Waals surface area (Å²) in [5, 5.41) is 5.55. The average molecular weight is 409 g/mol. The van der Waals surface area contributed by atoms with Gasteiger partial charge in [0.25, 0.3) is 5.56 Å². The zero-order valence-corrected chi connectivity index (χ0v) is 17.5. The van der Waals surface area contributed by atoms with Crippen LogP contribution >= 0.6 is 0 Å². The molecule has 2 aliphatic rings. The summed E-state index contributed by atoms with van der Waals surface area (Å²) < 4.78 is 0. The normalized spacial score (nSPS) is 19.2. The quantitative estimate of drug-likeness (QED) is 0.723. The molecule has 158 valence electrons. The van der Waals surface area contributed by atoms with Gasteiger partial charge in [-0.1, -0.05) is 24.6 Å². The Morgan fingerprint density at radius 1 is 1.20 bits per heavy atom. The van der Waals surface area contributed by atoms with E-state index in [1.54, 1.807) is 0 Å². The van der Waals surface area contributed by atoms with Gasteiger partial charge < -0.3 is 15.5 Å². The molecule has 1 fully saturated rings. The molecule has 0 saturated carbocycles. The van der Waals surface area contributed by atoms with Crippen LogP contribution < -0.4 is 21.1 Å². The number of amides is 2. The molecule has 1 aromatic carbocycles. The number of hydrogen-bond donors (Lipinski definition) is 3. The van der Waals surface area contributed by atoms with Crippen LogP contribution in [0.2, 0.25) is 0 Å². The van der Waals surface area contributed by atoms with Crippen molar-refractivity contribution in [3.8, 4) is 0 Å². The van der Waals surface area contributed by atoms with Crippen LogP contribution in [0.4, 0.5) is 17.5 Å². The Morgan fingerprint density at radius 3 is 2.63 bits per heavy atom. The molecular formula is C22H27N5O3. The van der Waals surface area contributed by atoms with E-state index in [0.717, 1.165) is 37.1 Å². The Balaban J connectivity index is 1.63. The molecule has 3 N–H and O–H groups in total. The number of H-pyrrole nitrogens is 1. The van der Waals surface area contributed by atoms with Crippen molar-refractivity contribution in [1.82, 2.24) is 9.97 Å². The number of aryl methyl sites for hydroxylation is 2. The van der Waals surface area contributed by atoms with Crippen molar-refractivity contribution in [2.75, 3.05) is 28.6 Å². The highest BCUT2D eigenvalue weighted by Gasteiger charge is 2.35. The lowest BCUT2D eigenvalue weighted by Crippen LogP contribution is -2.39. The van der Waals surface area contributed by atoms with Crippen LogP contribution in [0.25, 0.3) is 0 Å². The van der Waals surface area contributed by atoms with Crippen LogP contribution in [0, 0.1) is 19.8 Å². The molecule has 30 heavy (non-hydrogen) atoms. The molecule has 0 aliphatic carbocycles. The first-order valence-corrected chi connectivity index (χ1v) is 10.4. The van der Waals surface area contributed by atoms with Crippen LogP contribution in [0.3, 0.4) is 0 Å². The average Bonchev–Trinajstić information content (AvgIpc) is 2.69. The third kappa shape index (κ3) is 3.94. The minimum absolute atomic E-state index is 0.0882. The zero-order chi connectivity index (χ0) is 21.4. The molecular weight excluding hydrogens is 382 g/mol. The third-order valence-electron chi connectivity index (χ3n) is 5.98. The number of carbonyl (C=O) groups is 2. The van der Waals surface area contributed by atoms with E-state index in [2.05, 4.69) is 27.5 Å². The highest BCUT2D eigenvalue weighted by Crippen LogP contribution is 2.31. The second-order valence-corrected chi connectivity index (χ2v) is 8.43. The number of anilines is 3. The maximum absolute atomic E-state index is 13.0. The number of carbonyl (C=O) groups excluding carboxylic acids is 2. The summed E-state index contributed by atoms with van der Waals surface area (Å²) in [6.45, 7) is 7.69. The van der Waals surface area contributed by atoms with Crippen molar-refractivity contribution >= 4 is 29.3 Å². The number of nitrogens with one attached hydrogen (secondary N) is 3. The van der Waals surface area contributed by atoms with Crippen molar-refractivity contribution < 1.29 is 9.59 Å². The van der Waals surface area contributed by atoms with Crippen LogP contribution in [-0.2, 0) is 9.59 Å². The molecule has 2 aliphatic heterocycles. The van der Waals surface area contributed by atoms with E-state index in [4.69, 9.17) is 0 Å². The lowest BCUT2D eigenvalue weighted by Gasteiger charge is -2.31. The molecule has 0 radical (unpaired) electrons. The van der Waals surface area contributed by atoms with Gasteiger partial charge in [-0.05, 0) is 44.2 Å². The molecule has 1 atom stereocenters. The Bertz CT molecular complexity index is 1050. The van der Waals surface area contributed by atoms with Gasteiger partial charge in [-0.15, -0.1) is 0 Å². The molecule has 1 saturated heterocycles. The van der Waals surface area contributed by atoms with E-state index in [9.17, 15) is 14.4 Å². The van der Waals surface area contributed by atoms with E-state index >= 15 is 0 Å². The minimum Gasteiger partial charge on any atom is -0.342 e. The standard InChI is InChI=1S/C22H27N5O3/c1-12-6-8-27(9-7-12)22-25-19-18(21(30)26-22)15(11-17(28)24-19)20(29)23-16-5-4-13(2)10-14(16)3/h4-5,10,12,15H,6-9,11H2,1-3H3,(H,23,29)(H2,24,25,26,28,30)/t15-/m1/s1. The van der Waals surface area contributed by atoms with Crippen LogP contribution in [0.15, 0.2) is 23.0 Å². The second-order valence-electron chi connectivity index (χ2n) is 8.43. The summed E-state index contributed by atoms with van der Waals surface area (Å²) in [5.74, 6) is -0.319. The van der Waals surface area contributed by atoms with Gasteiger partial charge in [0, 0.05) is 25.2 Å². The maximum Gasteiger partial charge on any atom is 0.258 e. The lowest BCUT2D eigenvalue weighted by atomic mass is 9.92. The number of benzene rings is 1. The number of piperidine rings is 1. The molecule has 0 unspecified atom stereocenters. The number of fused-ring (bicyclic) bond motifs is 1. The fourth-order valence-corrected chi connectivity index (χ4v) is 4.13. The van der Waals surface area contributed by atoms with Crippen molar-refractivity contribution in [2.45, 2.75) is 46.0 Å².